The molecule has 2 heterocycles. The zero-order valence-corrected chi connectivity index (χ0v) is 10.6. The lowest BCUT2D eigenvalue weighted by Gasteiger charge is -2.08. The second kappa shape index (κ2) is 5.95. The first-order valence-electron chi connectivity index (χ1n) is 5.86. The lowest BCUT2D eigenvalue weighted by molar-refractivity contribution is 0.395. The van der Waals surface area contributed by atoms with E-state index in [0.717, 1.165) is 23.6 Å². The van der Waals surface area contributed by atoms with Crippen molar-refractivity contribution in [1.82, 2.24) is 15.0 Å². The molecule has 5 nitrogen and oxygen atoms in total. The van der Waals surface area contributed by atoms with E-state index in [9.17, 15) is 0 Å². The van der Waals surface area contributed by atoms with Crippen LogP contribution in [0.4, 0.5) is 5.82 Å². The van der Waals surface area contributed by atoms with Crippen LogP contribution >= 0.6 is 0 Å². The molecule has 1 N–H and O–H groups in total. The maximum absolute atomic E-state index is 5.15. The first kappa shape index (κ1) is 12.3. The van der Waals surface area contributed by atoms with Gasteiger partial charge < -0.3 is 10.1 Å². The Bertz CT molecular complexity index is 479. The summed E-state index contributed by atoms with van der Waals surface area (Å²) in [5, 5.41) is 3.25. The van der Waals surface area contributed by atoms with Crippen molar-refractivity contribution in [2.45, 2.75) is 19.9 Å². The fourth-order valence-electron chi connectivity index (χ4n) is 1.52. The first-order chi connectivity index (χ1) is 8.81. The summed E-state index contributed by atoms with van der Waals surface area (Å²) in [6.07, 6.45) is 4.32. The van der Waals surface area contributed by atoms with Crippen LogP contribution in [0.5, 0.6) is 5.88 Å². The van der Waals surface area contributed by atoms with Gasteiger partial charge >= 0.3 is 0 Å². The minimum Gasteiger partial charge on any atom is -0.481 e. The number of methoxy groups -OCH3 is 1. The Morgan fingerprint density at radius 1 is 1.22 bits per heavy atom. The summed E-state index contributed by atoms with van der Waals surface area (Å²) in [6, 6.07) is 5.72. The molecule has 0 aliphatic heterocycles. The van der Waals surface area contributed by atoms with Gasteiger partial charge in [-0.1, -0.05) is 6.92 Å². The third kappa shape index (κ3) is 3.16. The molecule has 5 heteroatoms. The van der Waals surface area contributed by atoms with E-state index in [4.69, 9.17) is 4.74 Å². The number of hydrogen-bond donors (Lipinski definition) is 1. The molecule has 0 fully saturated rings. The molecule has 94 valence electrons. The van der Waals surface area contributed by atoms with Gasteiger partial charge in [0.05, 0.1) is 7.11 Å². The summed E-state index contributed by atoms with van der Waals surface area (Å²) >= 11 is 0. The molecule has 18 heavy (non-hydrogen) atoms. The molecule has 0 spiro atoms. The Morgan fingerprint density at radius 3 is 2.67 bits per heavy atom. The monoisotopic (exact) mass is 244 g/mol. The van der Waals surface area contributed by atoms with Gasteiger partial charge in [-0.2, -0.15) is 4.98 Å². The maximum Gasteiger partial charge on any atom is 0.218 e. The summed E-state index contributed by atoms with van der Waals surface area (Å²) in [7, 11) is 1.61. The number of nitrogens with zero attached hydrogens (tertiary/aromatic N) is 3. The van der Waals surface area contributed by atoms with Crippen molar-refractivity contribution in [2.24, 2.45) is 0 Å². The fourth-order valence-corrected chi connectivity index (χ4v) is 1.52. The van der Waals surface area contributed by atoms with Crippen molar-refractivity contribution < 1.29 is 4.74 Å². The van der Waals surface area contributed by atoms with Crippen LogP contribution in [0.25, 0.3) is 0 Å². The lowest BCUT2D eigenvalue weighted by Crippen LogP contribution is -2.05. The molecule has 0 atom stereocenters. The summed E-state index contributed by atoms with van der Waals surface area (Å²) in [4.78, 5) is 12.6. The van der Waals surface area contributed by atoms with Crippen LogP contribution < -0.4 is 10.1 Å². The average molecular weight is 244 g/mol. The molecule has 2 rings (SSSR count). The largest absolute Gasteiger partial charge is 0.481 e. The smallest absolute Gasteiger partial charge is 0.218 e. The minimum absolute atomic E-state index is 0.582. The van der Waals surface area contributed by atoms with Gasteiger partial charge in [0.15, 0.2) is 0 Å². The molecule has 0 amide bonds. The number of aromatic nitrogens is 3. The molecule has 0 saturated heterocycles. The summed E-state index contributed by atoms with van der Waals surface area (Å²) < 4.78 is 5.15. The van der Waals surface area contributed by atoms with Gasteiger partial charge in [-0.25, -0.2) is 4.98 Å². The van der Waals surface area contributed by atoms with Crippen LogP contribution in [0, 0.1) is 0 Å². The zero-order chi connectivity index (χ0) is 12.8. The van der Waals surface area contributed by atoms with E-state index in [0.29, 0.717) is 12.4 Å². The van der Waals surface area contributed by atoms with E-state index in [2.05, 4.69) is 20.3 Å². The summed E-state index contributed by atoms with van der Waals surface area (Å²) in [6.45, 7) is 2.72. The molecular weight excluding hydrogens is 228 g/mol. The third-order valence-electron chi connectivity index (χ3n) is 2.50. The number of rotatable bonds is 5. The molecule has 2 aromatic heterocycles. The van der Waals surface area contributed by atoms with Crippen molar-refractivity contribution in [3.63, 3.8) is 0 Å². The highest BCUT2D eigenvalue weighted by atomic mass is 16.5. The maximum atomic E-state index is 5.15. The van der Waals surface area contributed by atoms with Gasteiger partial charge in [0, 0.05) is 31.4 Å². The van der Waals surface area contributed by atoms with E-state index in [1.165, 1.54) is 0 Å². The Labute approximate surface area is 106 Å². The molecule has 0 aromatic carbocycles. The number of hydrogen-bond acceptors (Lipinski definition) is 5. The predicted octanol–water partition coefficient (Wildman–Crippen LogP) is 2.05. The molecule has 2 aromatic rings. The number of pyridine rings is 1. The van der Waals surface area contributed by atoms with Crippen LogP contribution in [0.2, 0.25) is 0 Å². The Hall–Kier alpha value is -2.17. The second-order valence-corrected chi connectivity index (χ2v) is 3.77. The summed E-state index contributed by atoms with van der Waals surface area (Å²) in [5.74, 6) is 2.13. The van der Waals surface area contributed by atoms with Crippen LogP contribution in [0.1, 0.15) is 18.3 Å². The van der Waals surface area contributed by atoms with Crippen molar-refractivity contribution in [3.8, 4) is 5.88 Å². The highest BCUT2D eigenvalue weighted by molar-refractivity contribution is 5.39. The van der Waals surface area contributed by atoms with Gasteiger partial charge in [-0.05, 0) is 17.7 Å². The lowest BCUT2D eigenvalue weighted by atomic mass is 10.3. The van der Waals surface area contributed by atoms with E-state index in [1.54, 1.807) is 25.6 Å². The Kier molecular flexibility index (Phi) is 4.06. The number of nitrogens with one attached hydrogen (secondary N) is 1. The SMILES string of the molecule is CCc1nc(NCc2ccncc2)cc(OC)n1. The fraction of sp³-hybridized carbons (Fsp3) is 0.308. The molecule has 0 aliphatic carbocycles. The molecule has 0 radical (unpaired) electrons. The molecular formula is C13H16N4O. The van der Waals surface area contributed by atoms with Gasteiger partial charge in [0.2, 0.25) is 5.88 Å². The number of aryl methyl sites for hydroxylation is 1. The Morgan fingerprint density at radius 2 is 2.00 bits per heavy atom. The van der Waals surface area contributed by atoms with Gasteiger partial charge in [0.1, 0.15) is 11.6 Å². The van der Waals surface area contributed by atoms with E-state index >= 15 is 0 Å². The highest BCUT2D eigenvalue weighted by Crippen LogP contribution is 2.14. The van der Waals surface area contributed by atoms with Gasteiger partial charge in [0.25, 0.3) is 0 Å². The third-order valence-corrected chi connectivity index (χ3v) is 2.50. The molecule has 0 bridgehead atoms. The van der Waals surface area contributed by atoms with E-state index in [-0.39, 0.29) is 0 Å². The van der Waals surface area contributed by atoms with E-state index < -0.39 is 0 Å². The quantitative estimate of drug-likeness (QED) is 0.872. The van der Waals surface area contributed by atoms with Gasteiger partial charge in [-0.3, -0.25) is 4.98 Å². The highest BCUT2D eigenvalue weighted by Gasteiger charge is 2.03. The predicted molar refractivity (Wildman–Crippen MR) is 69.5 cm³/mol. The first-order valence-corrected chi connectivity index (χ1v) is 5.86. The van der Waals surface area contributed by atoms with Gasteiger partial charge in [-0.15, -0.1) is 0 Å². The second-order valence-electron chi connectivity index (χ2n) is 3.77. The summed E-state index contributed by atoms with van der Waals surface area (Å²) in [5.41, 5.74) is 1.15. The van der Waals surface area contributed by atoms with Crippen molar-refractivity contribution >= 4 is 5.82 Å². The van der Waals surface area contributed by atoms with Crippen molar-refractivity contribution in [2.75, 3.05) is 12.4 Å². The number of ether oxygens (including phenoxy) is 1. The average Bonchev–Trinajstić information content (AvgIpc) is 2.45. The number of anilines is 1. The van der Waals surface area contributed by atoms with Crippen molar-refractivity contribution in [3.05, 3.63) is 42.0 Å². The topological polar surface area (TPSA) is 59.9 Å². The van der Waals surface area contributed by atoms with Crippen LogP contribution in [-0.2, 0) is 13.0 Å². The molecule has 0 unspecified atom stereocenters. The van der Waals surface area contributed by atoms with Crippen molar-refractivity contribution in [1.29, 1.82) is 0 Å². The van der Waals surface area contributed by atoms with Crippen LogP contribution in [-0.4, -0.2) is 22.1 Å². The standard InChI is InChI=1S/C13H16N4O/c1-3-11-16-12(8-13(17-11)18-2)15-9-10-4-6-14-7-5-10/h4-8H,3,9H2,1-2H3,(H,15,16,17). The Balaban J connectivity index is 2.09. The molecule has 0 saturated carbocycles. The van der Waals surface area contributed by atoms with Crippen LogP contribution in [0.3, 0.4) is 0 Å². The molecule has 0 aliphatic rings. The van der Waals surface area contributed by atoms with E-state index in [1.807, 2.05) is 19.1 Å². The van der Waals surface area contributed by atoms with Crippen LogP contribution in [0.15, 0.2) is 30.6 Å². The minimum atomic E-state index is 0.582. The zero-order valence-electron chi connectivity index (χ0n) is 10.6. The normalized spacial score (nSPS) is 10.1.